The number of fused-ring (bicyclic) bond motifs is 1. The van der Waals surface area contributed by atoms with Crippen molar-refractivity contribution in [2.45, 2.75) is 25.9 Å². The molecule has 0 radical (unpaired) electrons. The average Bonchev–Trinajstić information content (AvgIpc) is 2.69. The second kappa shape index (κ2) is 5.45. The van der Waals surface area contributed by atoms with Gasteiger partial charge in [0.15, 0.2) is 0 Å². The summed E-state index contributed by atoms with van der Waals surface area (Å²) in [6, 6.07) is 17.3. The Hall–Kier alpha value is -1.80. The average molecular weight is 252 g/mol. The van der Waals surface area contributed by atoms with Gasteiger partial charge < -0.3 is 10.6 Å². The van der Waals surface area contributed by atoms with Gasteiger partial charge in [-0.3, -0.25) is 0 Å². The highest BCUT2D eigenvalue weighted by Crippen LogP contribution is 2.26. The molecule has 2 aromatic carbocycles. The van der Waals surface area contributed by atoms with Gasteiger partial charge in [0.1, 0.15) is 0 Å². The molecule has 1 aliphatic heterocycles. The van der Waals surface area contributed by atoms with E-state index in [1.54, 1.807) is 0 Å². The quantitative estimate of drug-likeness (QED) is 0.890. The molecule has 0 saturated carbocycles. The molecule has 1 aliphatic rings. The van der Waals surface area contributed by atoms with Crippen LogP contribution in [-0.4, -0.2) is 6.54 Å². The second-order valence-electron chi connectivity index (χ2n) is 5.13. The first-order valence-electron chi connectivity index (χ1n) is 6.98. The van der Waals surface area contributed by atoms with Gasteiger partial charge in [0, 0.05) is 25.3 Å². The van der Waals surface area contributed by atoms with Crippen LogP contribution in [0.2, 0.25) is 0 Å². The number of nitrogens with two attached hydrogens (primary N) is 1. The Morgan fingerprint density at radius 2 is 1.68 bits per heavy atom. The van der Waals surface area contributed by atoms with E-state index in [-0.39, 0.29) is 0 Å². The molecule has 98 valence electrons. The maximum atomic E-state index is 5.86. The van der Waals surface area contributed by atoms with Gasteiger partial charge in [0.2, 0.25) is 0 Å². The van der Waals surface area contributed by atoms with Crippen LogP contribution in [0.5, 0.6) is 0 Å². The first kappa shape index (κ1) is 12.2. The number of hydrogen-bond donors (Lipinski definition) is 1. The predicted octanol–water partition coefficient (Wildman–Crippen LogP) is 3.10. The van der Waals surface area contributed by atoms with Gasteiger partial charge >= 0.3 is 0 Å². The van der Waals surface area contributed by atoms with Crippen molar-refractivity contribution in [1.29, 1.82) is 0 Å². The zero-order chi connectivity index (χ0) is 13.1. The van der Waals surface area contributed by atoms with Crippen molar-refractivity contribution in [2.24, 2.45) is 5.73 Å². The number of benzene rings is 2. The molecule has 0 unspecified atom stereocenters. The minimum absolute atomic E-state index is 0.605. The van der Waals surface area contributed by atoms with Crippen LogP contribution in [0, 0.1) is 0 Å². The molecule has 0 aliphatic carbocycles. The fraction of sp³-hybridized carbons (Fsp3) is 0.294. The monoisotopic (exact) mass is 252 g/mol. The largest absolute Gasteiger partial charge is 0.367 e. The van der Waals surface area contributed by atoms with Gasteiger partial charge in [0.05, 0.1) is 0 Å². The van der Waals surface area contributed by atoms with Crippen LogP contribution < -0.4 is 10.6 Å². The van der Waals surface area contributed by atoms with E-state index in [1.165, 1.54) is 35.2 Å². The minimum Gasteiger partial charge on any atom is -0.367 e. The predicted molar refractivity (Wildman–Crippen MR) is 80.1 cm³/mol. The number of nitrogens with zero attached hydrogens (tertiary/aromatic N) is 1. The molecule has 2 N–H and O–H groups in total. The number of rotatable bonds is 2. The van der Waals surface area contributed by atoms with Crippen molar-refractivity contribution < 1.29 is 0 Å². The van der Waals surface area contributed by atoms with Crippen LogP contribution in [0.25, 0.3) is 0 Å². The lowest BCUT2D eigenvalue weighted by Crippen LogP contribution is -2.24. The van der Waals surface area contributed by atoms with E-state index >= 15 is 0 Å². The Kier molecular flexibility index (Phi) is 3.51. The van der Waals surface area contributed by atoms with Crippen molar-refractivity contribution in [3.63, 3.8) is 0 Å². The van der Waals surface area contributed by atoms with Gasteiger partial charge in [-0.15, -0.1) is 0 Å². The molecular weight excluding hydrogens is 232 g/mol. The third-order valence-electron chi connectivity index (χ3n) is 3.91. The Balaban J connectivity index is 1.94. The van der Waals surface area contributed by atoms with E-state index in [1.807, 2.05) is 0 Å². The Morgan fingerprint density at radius 1 is 0.947 bits per heavy atom. The topological polar surface area (TPSA) is 29.3 Å². The smallest absolute Gasteiger partial charge is 0.0432 e. The molecule has 0 atom stereocenters. The Labute approximate surface area is 114 Å². The summed E-state index contributed by atoms with van der Waals surface area (Å²) >= 11 is 0. The van der Waals surface area contributed by atoms with Crippen molar-refractivity contribution in [2.75, 3.05) is 11.4 Å². The van der Waals surface area contributed by atoms with Crippen molar-refractivity contribution in [3.8, 4) is 0 Å². The third kappa shape index (κ3) is 2.49. The normalized spacial score (nSPS) is 14.9. The lowest BCUT2D eigenvalue weighted by atomic mass is 10.0. The number of anilines is 1. The SMILES string of the molecule is NCc1ccccc1N1CCCc2ccccc2C1. The van der Waals surface area contributed by atoms with Gasteiger partial charge in [-0.25, -0.2) is 0 Å². The van der Waals surface area contributed by atoms with Crippen LogP contribution >= 0.6 is 0 Å². The van der Waals surface area contributed by atoms with Crippen LogP contribution in [0.4, 0.5) is 5.69 Å². The zero-order valence-corrected chi connectivity index (χ0v) is 11.2. The lowest BCUT2D eigenvalue weighted by Gasteiger charge is -2.25. The molecule has 2 nitrogen and oxygen atoms in total. The zero-order valence-electron chi connectivity index (χ0n) is 11.2. The van der Waals surface area contributed by atoms with Crippen LogP contribution in [0.15, 0.2) is 48.5 Å². The van der Waals surface area contributed by atoms with Crippen molar-refractivity contribution in [1.82, 2.24) is 0 Å². The van der Waals surface area contributed by atoms with E-state index in [0.29, 0.717) is 6.54 Å². The molecule has 0 bridgehead atoms. The maximum absolute atomic E-state index is 5.86. The first-order chi connectivity index (χ1) is 9.38. The number of hydrogen-bond acceptors (Lipinski definition) is 2. The van der Waals surface area contributed by atoms with Crippen LogP contribution in [0.3, 0.4) is 0 Å². The van der Waals surface area contributed by atoms with E-state index in [2.05, 4.69) is 53.4 Å². The van der Waals surface area contributed by atoms with Gasteiger partial charge in [-0.05, 0) is 35.6 Å². The second-order valence-corrected chi connectivity index (χ2v) is 5.13. The minimum atomic E-state index is 0.605. The maximum Gasteiger partial charge on any atom is 0.0432 e. The number of aryl methyl sites for hydroxylation is 1. The highest BCUT2D eigenvalue weighted by Gasteiger charge is 2.15. The number of para-hydroxylation sites is 1. The van der Waals surface area contributed by atoms with Crippen LogP contribution in [-0.2, 0) is 19.5 Å². The summed E-state index contributed by atoms with van der Waals surface area (Å²) in [6.45, 7) is 2.70. The van der Waals surface area contributed by atoms with E-state index in [0.717, 1.165) is 13.1 Å². The Bertz CT molecular complexity index is 563. The van der Waals surface area contributed by atoms with Crippen molar-refractivity contribution in [3.05, 3.63) is 65.2 Å². The van der Waals surface area contributed by atoms with Gasteiger partial charge in [0.25, 0.3) is 0 Å². The van der Waals surface area contributed by atoms with E-state index in [4.69, 9.17) is 5.73 Å². The fourth-order valence-electron chi connectivity index (χ4n) is 2.90. The molecule has 3 rings (SSSR count). The van der Waals surface area contributed by atoms with E-state index < -0.39 is 0 Å². The molecule has 2 heteroatoms. The van der Waals surface area contributed by atoms with Gasteiger partial charge in [-0.1, -0.05) is 42.5 Å². The summed E-state index contributed by atoms with van der Waals surface area (Å²) in [4.78, 5) is 2.47. The summed E-state index contributed by atoms with van der Waals surface area (Å²) in [7, 11) is 0. The summed E-state index contributed by atoms with van der Waals surface area (Å²) in [5.41, 5.74) is 11.3. The summed E-state index contributed by atoms with van der Waals surface area (Å²) in [6.07, 6.45) is 2.38. The summed E-state index contributed by atoms with van der Waals surface area (Å²) in [5, 5.41) is 0. The lowest BCUT2D eigenvalue weighted by molar-refractivity contribution is 0.760. The molecule has 1 heterocycles. The molecule has 19 heavy (non-hydrogen) atoms. The molecule has 0 amide bonds. The Morgan fingerprint density at radius 3 is 2.53 bits per heavy atom. The molecule has 0 saturated heterocycles. The summed E-state index contributed by atoms with van der Waals surface area (Å²) in [5.74, 6) is 0. The molecular formula is C17H20N2. The highest BCUT2D eigenvalue weighted by molar-refractivity contribution is 5.54. The third-order valence-corrected chi connectivity index (χ3v) is 3.91. The molecule has 0 aromatic heterocycles. The standard InChI is InChI=1S/C17H20N2/c18-12-15-7-3-4-10-17(15)19-11-5-9-14-6-1-2-8-16(14)13-19/h1-4,6-8,10H,5,9,11-13,18H2. The molecule has 0 spiro atoms. The first-order valence-corrected chi connectivity index (χ1v) is 6.98. The van der Waals surface area contributed by atoms with Crippen molar-refractivity contribution >= 4 is 5.69 Å². The molecule has 0 fully saturated rings. The highest BCUT2D eigenvalue weighted by atomic mass is 15.1. The van der Waals surface area contributed by atoms with Crippen LogP contribution in [0.1, 0.15) is 23.1 Å². The fourth-order valence-corrected chi connectivity index (χ4v) is 2.90. The summed E-state index contributed by atoms with van der Waals surface area (Å²) < 4.78 is 0. The molecule has 2 aromatic rings. The van der Waals surface area contributed by atoms with Gasteiger partial charge in [-0.2, -0.15) is 0 Å². The van der Waals surface area contributed by atoms with E-state index in [9.17, 15) is 0 Å².